The van der Waals surface area contributed by atoms with Crippen LogP contribution >= 0.6 is 35.0 Å². The van der Waals surface area contributed by atoms with E-state index in [0.717, 1.165) is 5.56 Å². The number of amides is 1. The summed E-state index contributed by atoms with van der Waals surface area (Å²) in [6, 6.07) is 7.39. The van der Waals surface area contributed by atoms with E-state index >= 15 is 0 Å². The molecule has 0 fully saturated rings. The lowest BCUT2D eigenvalue weighted by Crippen LogP contribution is -2.31. The zero-order valence-corrected chi connectivity index (χ0v) is 14.9. The van der Waals surface area contributed by atoms with Gasteiger partial charge in [0.25, 0.3) is 5.91 Å². The van der Waals surface area contributed by atoms with Crippen LogP contribution in [-0.4, -0.2) is 35.5 Å². The highest BCUT2D eigenvalue weighted by Gasteiger charge is 2.15. The molecule has 0 aliphatic carbocycles. The molecule has 0 atom stereocenters. The number of nitrogens with zero attached hydrogens (tertiary/aromatic N) is 2. The highest BCUT2D eigenvalue weighted by atomic mass is 35.5. The summed E-state index contributed by atoms with van der Waals surface area (Å²) in [5, 5.41) is 3.55. The first kappa shape index (κ1) is 18.5. The number of esters is 1. The summed E-state index contributed by atoms with van der Waals surface area (Å²) in [5.74, 6) is -0.519. The van der Waals surface area contributed by atoms with Crippen LogP contribution in [0.2, 0.25) is 10.0 Å². The smallest absolute Gasteiger partial charge is 0.325 e. The minimum atomic E-state index is -0.568. The molecule has 2 rings (SSSR count). The molecule has 1 amide bonds. The molecule has 1 aromatic heterocycles. The number of methoxy groups -OCH3 is 1. The van der Waals surface area contributed by atoms with Gasteiger partial charge in [0.1, 0.15) is 6.54 Å². The van der Waals surface area contributed by atoms with Crippen LogP contribution in [0.25, 0.3) is 0 Å². The maximum Gasteiger partial charge on any atom is 0.325 e. The first-order valence-electron chi connectivity index (χ1n) is 6.74. The lowest BCUT2D eigenvalue weighted by molar-refractivity contribution is -0.139. The van der Waals surface area contributed by atoms with E-state index in [0.29, 0.717) is 15.9 Å². The van der Waals surface area contributed by atoms with Gasteiger partial charge < -0.3 is 10.1 Å². The first-order valence-corrected chi connectivity index (χ1v) is 8.48. The average molecular weight is 386 g/mol. The molecule has 0 spiro atoms. The van der Waals surface area contributed by atoms with Gasteiger partial charge in [-0.3, -0.25) is 9.59 Å². The van der Waals surface area contributed by atoms with Gasteiger partial charge in [-0.05, 0) is 17.7 Å². The molecule has 24 heavy (non-hydrogen) atoms. The van der Waals surface area contributed by atoms with Crippen molar-refractivity contribution in [3.05, 3.63) is 51.8 Å². The molecule has 0 aliphatic rings. The third-order valence-corrected chi connectivity index (χ3v) is 4.30. The van der Waals surface area contributed by atoms with E-state index in [4.69, 9.17) is 23.2 Å². The number of hydrogen-bond donors (Lipinski definition) is 1. The molecule has 0 saturated heterocycles. The normalized spacial score (nSPS) is 10.3. The Kier molecular flexibility index (Phi) is 6.84. The van der Waals surface area contributed by atoms with Crippen molar-refractivity contribution in [3.63, 3.8) is 0 Å². The fraction of sp³-hybridized carbons (Fsp3) is 0.200. The molecule has 126 valence electrons. The Balaban J connectivity index is 2.03. The number of carbonyl (C=O) groups is 2. The van der Waals surface area contributed by atoms with Crippen LogP contribution in [0.4, 0.5) is 0 Å². The molecule has 0 bridgehead atoms. The molecular weight excluding hydrogens is 373 g/mol. The van der Waals surface area contributed by atoms with Crippen LogP contribution in [0.1, 0.15) is 16.1 Å². The molecule has 1 aromatic carbocycles. The molecule has 2 aromatic rings. The van der Waals surface area contributed by atoms with Crippen molar-refractivity contribution in [3.8, 4) is 0 Å². The summed E-state index contributed by atoms with van der Waals surface area (Å²) >= 11 is 13.1. The maximum atomic E-state index is 12.0. The van der Waals surface area contributed by atoms with Crippen LogP contribution in [0.5, 0.6) is 0 Å². The minimum absolute atomic E-state index is 0.00850. The highest BCUT2D eigenvalue weighted by molar-refractivity contribution is 7.98. The van der Waals surface area contributed by atoms with Gasteiger partial charge in [0.05, 0.1) is 18.3 Å². The van der Waals surface area contributed by atoms with Gasteiger partial charge in [-0.25, -0.2) is 9.97 Å². The summed E-state index contributed by atoms with van der Waals surface area (Å²) in [4.78, 5) is 31.3. The van der Waals surface area contributed by atoms with Crippen molar-refractivity contribution in [1.82, 2.24) is 15.3 Å². The van der Waals surface area contributed by atoms with Crippen LogP contribution in [-0.2, 0) is 15.3 Å². The largest absolute Gasteiger partial charge is 0.468 e. The summed E-state index contributed by atoms with van der Waals surface area (Å²) in [5.41, 5.74) is 1.05. The Labute approximate surface area is 152 Å². The van der Waals surface area contributed by atoms with Crippen molar-refractivity contribution in [2.45, 2.75) is 10.9 Å². The number of aromatic nitrogens is 2. The highest BCUT2D eigenvalue weighted by Crippen LogP contribution is 2.22. The third kappa shape index (κ3) is 5.36. The van der Waals surface area contributed by atoms with Crippen LogP contribution in [0, 0.1) is 0 Å². The average Bonchev–Trinajstić information content (AvgIpc) is 2.60. The quantitative estimate of drug-likeness (QED) is 0.467. The predicted molar refractivity (Wildman–Crippen MR) is 92.4 cm³/mol. The van der Waals surface area contributed by atoms with Crippen molar-refractivity contribution in [1.29, 1.82) is 0 Å². The number of nitrogens with one attached hydrogen (secondary N) is 1. The van der Waals surface area contributed by atoms with Gasteiger partial charge in [0.2, 0.25) is 0 Å². The zero-order chi connectivity index (χ0) is 17.5. The van der Waals surface area contributed by atoms with E-state index in [9.17, 15) is 9.59 Å². The van der Waals surface area contributed by atoms with Crippen molar-refractivity contribution in [2.75, 3.05) is 13.7 Å². The Bertz CT molecular complexity index is 741. The summed E-state index contributed by atoms with van der Waals surface area (Å²) in [7, 11) is 1.23. The van der Waals surface area contributed by atoms with E-state index in [1.165, 1.54) is 25.1 Å². The van der Waals surface area contributed by atoms with Crippen LogP contribution in [0.3, 0.4) is 0 Å². The minimum Gasteiger partial charge on any atom is -0.468 e. The van der Waals surface area contributed by atoms with Gasteiger partial charge in [-0.1, -0.05) is 47.1 Å². The number of rotatable bonds is 6. The number of benzene rings is 1. The van der Waals surface area contributed by atoms with Gasteiger partial charge in [0.15, 0.2) is 10.9 Å². The van der Waals surface area contributed by atoms with Gasteiger partial charge in [-0.2, -0.15) is 0 Å². The van der Waals surface area contributed by atoms with Crippen LogP contribution in [0.15, 0.2) is 35.6 Å². The summed E-state index contributed by atoms with van der Waals surface area (Å²) < 4.78 is 4.45. The van der Waals surface area contributed by atoms with Gasteiger partial charge >= 0.3 is 5.97 Å². The lowest BCUT2D eigenvalue weighted by atomic mass is 10.2. The fourth-order valence-electron chi connectivity index (χ4n) is 1.62. The number of hydrogen-bond acceptors (Lipinski definition) is 6. The number of carbonyl (C=O) groups excluding carboxylic acids is 2. The van der Waals surface area contributed by atoms with Gasteiger partial charge in [-0.15, -0.1) is 0 Å². The van der Waals surface area contributed by atoms with Gasteiger partial charge in [0, 0.05) is 10.8 Å². The van der Waals surface area contributed by atoms with E-state index in [1.807, 2.05) is 12.1 Å². The summed E-state index contributed by atoms with van der Waals surface area (Å²) in [6.45, 7) is -0.261. The number of halogens is 2. The Hall–Kier alpha value is -1.83. The molecule has 0 unspecified atom stereocenters. The third-order valence-electron chi connectivity index (χ3n) is 2.84. The lowest BCUT2D eigenvalue weighted by Gasteiger charge is -2.07. The second-order valence-corrected chi connectivity index (χ2v) is 6.31. The SMILES string of the molecule is COC(=O)CNC(=O)c1nc(SCc2ccc(Cl)cc2)ncc1Cl. The number of thioether (sulfide) groups is 1. The molecule has 1 N–H and O–H groups in total. The van der Waals surface area contributed by atoms with E-state index in [2.05, 4.69) is 20.0 Å². The Morgan fingerprint density at radius 2 is 1.96 bits per heavy atom. The second kappa shape index (κ2) is 8.86. The second-order valence-electron chi connectivity index (χ2n) is 4.52. The van der Waals surface area contributed by atoms with Crippen molar-refractivity contribution < 1.29 is 14.3 Å². The first-order chi connectivity index (χ1) is 11.5. The fourth-order valence-corrected chi connectivity index (χ4v) is 2.69. The molecule has 0 radical (unpaired) electrons. The monoisotopic (exact) mass is 385 g/mol. The molecule has 1 heterocycles. The van der Waals surface area contributed by atoms with E-state index in [-0.39, 0.29) is 17.3 Å². The Morgan fingerprint density at radius 3 is 2.62 bits per heavy atom. The Morgan fingerprint density at radius 1 is 1.25 bits per heavy atom. The van der Waals surface area contributed by atoms with Crippen molar-refractivity contribution in [2.24, 2.45) is 0 Å². The number of ether oxygens (including phenoxy) is 1. The molecule has 6 nitrogen and oxygen atoms in total. The van der Waals surface area contributed by atoms with Crippen LogP contribution < -0.4 is 5.32 Å². The molecule has 0 saturated carbocycles. The zero-order valence-electron chi connectivity index (χ0n) is 12.6. The molecular formula is C15H13Cl2N3O3S. The van der Waals surface area contributed by atoms with E-state index < -0.39 is 11.9 Å². The predicted octanol–water partition coefficient (Wildman–Crippen LogP) is 2.98. The standard InChI is InChI=1S/C15H13Cl2N3O3S/c1-23-12(21)7-18-14(22)13-11(17)6-19-15(20-13)24-8-9-2-4-10(16)5-3-9/h2-6H,7-8H2,1H3,(H,18,22). The molecule has 0 aliphatic heterocycles. The van der Waals surface area contributed by atoms with E-state index in [1.54, 1.807) is 12.1 Å². The summed E-state index contributed by atoms with van der Waals surface area (Å²) in [6.07, 6.45) is 1.35. The molecule has 9 heteroatoms. The van der Waals surface area contributed by atoms with Crippen molar-refractivity contribution >= 4 is 46.8 Å². The maximum absolute atomic E-state index is 12.0. The topological polar surface area (TPSA) is 81.2 Å².